The number of aliphatic hydroxyl groups excluding tert-OH is 1. The first kappa shape index (κ1) is 25.8. The lowest BCUT2D eigenvalue weighted by atomic mass is 9.89. The zero-order valence-electron chi connectivity index (χ0n) is 17.8. The molecule has 1 aromatic rings. The number of carbonyl (C=O) groups is 2. The number of ketones is 2. The Morgan fingerprint density at radius 3 is 2.30 bits per heavy atom. The number of allylic oxidation sites excluding steroid dienone is 2. The molecule has 0 radical (unpaired) electrons. The predicted molar refractivity (Wildman–Crippen MR) is 104 cm³/mol. The number of halogens is 3. The fraction of sp³-hybridized carbons (Fsp3) is 0.571. The van der Waals surface area contributed by atoms with Crippen molar-refractivity contribution in [1.82, 2.24) is 4.98 Å². The van der Waals surface area contributed by atoms with Gasteiger partial charge in [0.05, 0.1) is 25.5 Å². The van der Waals surface area contributed by atoms with Crippen LogP contribution in [0.5, 0.6) is 0 Å². The van der Waals surface area contributed by atoms with Crippen LogP contribution in [0.2, 0.25) is 0 Å². The summed E-state index contributed by atoms with van der Waals surface area (Å²) in [5.74, 6) is -2.93. The Hall–Kier alpha value is -2.26. The molecular weight excluding hydrogens is 403 g/mol. The van der Waals surface area contributed by atoms with E-state index in [0.717, 1.165) is 6.07 Å². The average molecular weight is 431 g/mol. The highest BCUT2D eigenvalue weighted by molar-refractivity contribution is 6.27. The van der Waals surface area contributed by atoms with Gasteiger partial charge in [0.1, 0.15) is 17.0 Å². The number of nitrogens with zero attached hydrogens (tertiary/aromatic N) is 1. The molecule has 0 aromatic carbocycles. The second-order valence-corrected chi connectivity index (χ2v) is 7.15. The summed E-state index contributed by atoms with van der Waals surface area (Å²) in [6.45, 7) is 6.45. The van der Waals surface area contributed by atoms with Gasteiger partial charge >= 0.3 is 6.18 Å². The minimum atomic E-state index is -4.71. The van der Waals surface area contributed by atoms with Gasteiger partial charge in [-0.2, -0.15) is 13.2 Å². The number of methoxy groups -OCH3 is 1. The largest absolute Gasteiger partial charge is 0.511 e. The van der Waals surface area contributed by atoms with E-state index >= 15 is 0 Å². The van der Waals surface area contributed by atoms with Crippen molar-refractivity contribution in [1.29, 1.82) is 0 Å². The molecule has 1 atom stereocenters. The van der Waals surface area contributed by atoms with Crippen molar-refractivity contribution in [3.8, 4) is 0 Å². The van der Waals surface area contributed by atoms with Crippen molar-refractivity contribution in [2.75, 3.05) is 20.3 Å². The van der Waals surface area contributed by atoms with Gasteiger partial charge in [-0.05, 0) is 18.6 Å². The first-order valence-corrected chi connectivity index (χ1v) is 9.61. The minimum Gasteiger partial charge on any atom is -0.511 e. The second-order valence-electron chi connectivity index (χ2n) is 7.15. The lowest BCUT2D eigenvalue weighted by molar-refractivity contribution is -0.141. The Morgan fingerprint density at radius 1 is 1.17 bits per heavy atom. The van der Waals surface area contributed by atoms with Crippen LogP contribution in [0.1, 0.15) is 55.9 Å². The maximum atomic E-state index is 13.2. The monoisotopic (exact) mass is 431 g/mol. The lowest BCUT2D eigenvalue weighted by Gasteiger charge is -2.17. The minimum absolute atomic E-state index is 0.0772. The number of hydrogen-bond donors (Lipinski definition) is 1. The van der Waals surface area contributed by atoms with E-state index in [1.54, 1.807) is 27.7 Å². The van der Waals surface area contributed by atoms with E-state index in [1.165, 1.54) is 7.11 Å². The molecule has 168 valence electrons. The second kappa shape index (κ2) is 11.2. The van der Waals surface area contributed by atoms with Crippen LogP contribution in [0.4, 0.5) is 13.2 Å². The topological polar surface area (TPSA) is 85.7 Å². The molecule has 0 saturated carbocycles. The Bertz CT molecular complexity index is 787. The Morgan fingerprint density at radius 2 is 1.80 bits per heavy atom. The van der Waals surface area contributed by atoms with Gasteiger partial charge in [0.2, 0.25) is 5.78 Å². The van der Waals surface area contributed by atoms with Crippen LogP contribution in [0.3, 0.4) is 0 Å². The Balaban J connectivity index is 3.52. The zero-order valence-corrected chi connectivity index (χ0v) is 17.8. The highest BCUT2D eigenvalue weighted by Crippen LogP contribution is 2.30. The van der Waals surface area contributed by atoms with Gasteiger partial charge in [-0.15, -0.1) is 0 Å². The number of pyridine rings is 1. The van der Waals surface area contributed by atoms with E-state index in [-0.39, 0.29) is 36.8 Å². The molecule has 0 aliphatic rings. The maximum Gasteiger partial charge on any atom is 0.433 e. The van der Waals surface area contributed by atoms with Crippen LogP contribution >= 0.6 is 0 Å². The molecule has 1 heterocycles. The third-order valence-electron chi connectivity index (χ3n) is 4.51. The molecule has 1 rings (SSSR count). The third kappa shape index (κ3) is 6.63. The van der Waals surface area contributed by atoms with Crippen LogP contribution in [0, 0.1) is 11.8 Å². The SMILES string of the molecule is CCC(C)/C(O)=C(/C(=O)c1ccc(C(F)(F)F)nc1COCCOC)C(=O)C(C)C. The summed E-state index contributed by atoms with van der Waals surface area (Å²) in [6, 6.07) is 1.63. The highest BCUT2D eigenvalue weighted by atomic mass is 19.4. The van der Waals surface area contributed by atoms with Gasteiger partial charge in [0.15, 0.2) is 5.78 Å². The van der Waals surface area contributed by atoms with E-state index in [9.17, 15) is 27.9 Å². The van der Waals surface area contributed by atoms with E-state index in [2.05, 4.69) is 4.98 Å². The van der Waals surface area contributed by atoms with Crippen molar-refractivity contribution in [3.63, 3.8) is 0 Å². The number of rotatable bonds is 11. The van der Waals surface area contributed by atoms with Gasteiger partial charge < -0.3 is 14.6 Å². The smallest absolute Gasteiger partial charge is 0.433 e. The van der Waals surface area contributed by atoms with Crippen LogP contribution in [-0.4, -0.2) is 42.0 Å². The summed E-state index contributed by atoms with van der Waals surface area (Å²) in [5, 5.41) is 10.5. The molecule has 0 fully saturated rings. The van der Waals surface area contributed by atoms with E-state index in [4.69, 9.17) is 9.47 Å². The van der Waals surface area contributed by atoms with Crippen molar-refractivity contribution in [2.24, 2.45) is 11.8 Å². The molecule has 0 aliphatic carbocycles. The average Bonchev–Trinajstić information content (AvgIpc) is 2.69. The third-order valence-corrected chi connectivity index (χ3v) is 4.51. The highest BCUT2D eigenvalue weighted by Gasteiger charge is 2.35. The van der Waals surface area contributed by atoms with Gasteiger partial charge in [-0.3, -0.25) is 9.59 Å². The maximum absolute atomic E-state index is 13.2. The number of carbonyl (C=O) groups excluding carboxylic acids is 2. The first-order chi connectivity index (χ1) is 13.9. The molecule has 0 saturated heterocycles. The molecule has 1 aromatic heterocycles. The predicted octanol–water partition coefficient (Wildman–Crippen LogP) is 4.53. The molecule has 0 amide bonds. The molecule has 9 heteroatoms. The molecular formula is C21H28F3NO5. The van der Waals surface area contributed by atoms with Crippen LogP contribution < -0.4 is 0 Å². The number of ether oxygens (including phenoxy) is 2. The van der Waals surface area contributed by atoms with Crippen molar-refractivity contribution < 1.29 is 37.3 Å². The molecule has 6 nitrogen and oxygen atoms in total. The first-order valence-electron chi connectivity index (χ1n) is 9.61. The zero-order chi connectivity index (χ0) is 23.1. The molecule has 1 N–H and O–H groups in total. The van der Waals surface area contributed by atoms with Gasteiger partial charge in [0, 0.05) is 24.5 Å². The molecule has 0 bridgehead atoms. The molecule has 0 aliphatic heterocycles. The van der Waals surface area contributed by atoms with Crippen LogP contribution in [-0.2, 0) is 27.1 Å². The summed E-state index contributed by atoms with van der Waals surface area (Å²) in [6.07, 6.45) is -4.25. The normalized spacial score (nSPS) is 13.9. The van der Waals surface area contributed by atoms with Crippen molar-refractivity contribution in [3.05, 3.63) is 40.4 Å². The Labute approximate surface area is 174 Å². The quantitative estimate of drug-likeness (QED) is 0.138. The van der Waals surface area contributed by atoms with Gasteiger partial charge in [-0.25, -0.2) is 4.98 Å². The Kier molecular flexibility index (Phi) is 9.64. The molecule has 1 unspecified atom stereocenters. The molecule has 30 heavy (non-hydrogen) atoms. The van der Waals surface area contributed by atoms with Crippen LogP contribution in [0.25, 0.3) is 0 Å². The standard InChI is InChI=1S/C21H28F3NO5/c1-6-13(4)19(27)17(18(26)12(2)3)20(28)14-7-8-16(21(22,23)24)25-15(14)11-30-10-9-29-5/h7-8,12-13,27H,6,9-11H2,1-5H3/b19-17-. The van der Waals surface area contributed by atoms with Crippen molar-refractivity contribution >= 4 is 11.6 Å². The number of hydrogen-bond acceptors (Lipinski definition) is 6. The van der Waals surface area contributed by atoms with E-state index in [1.807, 2.05) is 0 Å². The summed E-state index contributed by atoms with van der Waals surface area (Å²) in [4.78, 5) is 29.4. The van der Waals surface area contributed by atoms with E-state index < -0.39 is 40.8 Å². The number of Topliss-reactive ketones (excluding diaryl/α,β-unsaturated/α-hetero) is 2. The summed E-state index contributed by atoms with van der Waals surface area (Å²) >= 11 is 0. The van der Waals surface area contributed by atoms with E-state index in [0.29, 0.717) is 12.5 Å². The fourth-order valence-corrected chi connectivity index (χ4v) is 2.50. The number of aromatic nitrogens is 1. The van der Waals surface area contributed by atoms with Gasteiger partial charge in [-0.1, -0.05) is 27.7 Å². The lowest BCUT2D eigenvalue weighted by Crippen LogP contribution is -2.24. The number of alkyl halides is 3. The summed E-state index contributed by atoms with van der Waals surface area (Å²) < 4.78 is 49.4. The van der Waals surface area contributed by atoms with Crippen LogP contribution in [0.15, 0.2) is 23.5 Å². The number of aliphatic hydroxyl groups is 1. The van der Waals surface area contributed by atoms with Crippen molar-refractivity contribution in [2.45, 2.75) is 46.9 Å². The fourth-order valence-electron chi connectivity index (χ4n) is 2.50. The molecule has 0 spiro atoms. The van der Waals surface area contributed by atoms with Gasteiger partial charge in [0.25, 0.3) is 0 Å². The summed E-state index contributed by atoms with van der Waals surface area (Å²) in [7, 11) is 1.44. The summed E-state index contributed by atoms with van der Waals surface area (Å²) in [5.41, 5.74) is -2.11.